The fourth-order valence-electron chi connectivity index (χ4n) is 2.66. The van der Waals surface area contributed by atoms with Gasteiger partial charge in [0.15, 0.2) is 0 Å². The molecule has 0 heteroatoms. The standard InChI is InChI=1S/C16H10/c1-2-4-12-6-8-14-10-9-13-7-5-11(3-1)15(12)16(13)14/h1-10H. The second-order valence-corrected chi connectivity index (χ2v) is 4.29. The molecule has 0 unspecified atom stereocenters. The van der Waals surface area contributed by atoms with Crippen molar-refractivity contribution in [3.63, 3.8) is 0 Å². The molecule has 0 saturated heterocycles. The summed E-state index contributed by atoms with van der Waals surface area (Å²) in [5.74, 6) is 0. The van der Waals surface area contributed by atoms with Gasteiger partial charge in [0, 0.05) is 0 Å². The summed E-state index contributed by atoms with van der Waals surface area (Å²) in [7, 11) is 0. The van der Waals surface area contributed by atoms with Crippen molar-refractivity contribution in [1.82, 2.24) is 0 Å². The lowest BCUT2D eigenvalue weighted by Gasteiger charge is -2.02. The van der Waals surface area contributed by atoms with Gasteiger partial charge in [-0.15, -0.1) is 0 Å². The molecule has 0 aliphatic rings. The van der Waals surface area contributed by atoms with Gasteiger partial charge >= 0.3 is 0 Å². The van der Waals surface area contributed by atoms with Gasteiger partial charge in [0.2, 0.25) is 0 Å². The van der Waals surface area contributed by atoms with Gasteiger partial charge in [0.1, 0.15) is 0 Å². The van der Waals surface area contributed by atoms with Crippen molar-refractivity contribution in [2.75, 3.05) is 0 Å². The first-order valence-electron chi connectivity index (χ1n) is 5.56. The van der Waals surface area contributed by atoms with E-state index in [1.165, 1.54) is 32.3 Å². The van der Waals surface area contributed by atoms with Crippen molar-refractivity contribution in [3.8, 4) is 0 Å². The molecule has 0 radical (unpaired) electrons. The second-order valence-electron chi connectivity index (χ2n) is 4.29. The maximum atomic E-state index is 2.21. The lowest BCUT2D eigenvalue weighted by atomic mass is 10.0. The molecular weight excluding hydrogens is 192 g/mol. The molecule has 0 aromatic heterocycles. The molecule has 4 aromatic rings. The normalized spacial score (nSPS) is 11.8. The van der Waals surface area contributed by atoms with Crippen molar-refractivity contribution >= 4 is 32.3 Å². The Morgan fingerprint density at radius 2 is 0.688 bits per heavy atom. The van der Waals surface area contributed by atoms with Gasteiger partial charge in [0.25, 0.3) is 0 Å². The average Bonchev–Trinajstić information content (AvgIpc) is 2.62. The number of hydrogen-bond donors (Lipinski definition) is 0. The smallest absolute Gasteiger partial charge is 0.00268 e. The summed E-state index contributed by atoms with van der Waals surface area (Å²) in [6, 6.07) is 21.9. The van der Waals surface area contributed by atoms with Gasteiger partial charge in [-0.05, 0) is 32.3 Å². The van der Waals surface area contributed by atoms with E-state index >= 15 is 0 Å². The van der Waals surface area contributed by atoms with Crippen LogP contribution in [0, 0.1) is 0 Å². The van der Waals surface area contributed by atoms with Gasteiger partial charge in [-0.2, -0.15) is 0 Å². The van der Waals surface area contributed by atoms with Gasteiger partial charge < -0.3 is 0 Å². The van der Waals surface area contributed by atoms with Crippen molar-refractivity contribution in [2.24, 2.45) is 0 Å². The fraction of sp³-hybridized carbons (Fsp3) is 0. The van der Waals surface area contributed by atoms with Crippen LogP contribution in [0.25, 0.3) is 32.3 Å². The van der Waals surface area contributed by atoms with Crippen molar-refractivity contribution < 1.29 is 0 Å². The Hall–Kier alpha value is -2.08. The molecule has 0 spiro atoms. The third kappa shape index (κ3) is 0.892. The van der Waals surface area contributed by atoms with E-state index in [1.807, 2.05) is 0 Å². The molecule has 16 heavy (non-hydrogen) atoms. The molecule has 0 aliphatic heterocycles. The van der Waals surface area contributed by atoms with Crippen LogP contribution in [0.15, 0.2) is 60.7 Å². The van der Waals surface area contributed by atoms with Crippen LogP contribution in [0.2, 0.25) is 0 Å². The van der Waals surface area contributed by atoms with Crippen LogP contribution < -0.4 is 0 Å². The van der Waals surface area contributed by atoms with Crippen molar-refractivity contribution in [3.05, 3.63) is 60.7 Å². The lowest BCUT2D eigenvalue weighted by Crippen LogP contribution is -1.74. The van der Waals surface area contributed by atoms with E-state index in [0.717, 1.165) is 0 Å². The van der Waals surface area contributed by atoms with Crippen LogP contribution in [-0.4, -0.2) is 0 Å². The summed E-state index contributed by atoms with van der Waals surface area (Å²) in [6.07, 6.45) is 0. The monoisotopic (exact) mass is 202 g/mol. The van der Waals surface area contributed by atoms with Crippen LogP contribution in [0.3, 0.4) is 0 Å². The topological polar surface area (TPSA) is 0 Å². The highest BCUT2D eigenvalue weighted by Gasteiger charge is 2.06. The summed E-state index contributed by atoms with van der Waals surface area (Å²) in [5.41, 5.74) is 0. The highest BCUT2D eigenvalue weighted by Crippen LogP contribution is 2.34. The Bertz CT molecular complexity index is 732. The number of hydrogen-bond acceptors (Lipinski definition) is 0. The van der Waals surface area contributed by atoms with E-state index in [2.05, 4.69) is 60.7 Å². The van der Waals surface area contributed by atoms with Crippen LogP contribution in [0.5, 0.6) is 0 Å². The molecule has 0 nitrogen and oxygen atoms in total. The lowest BCUT2D eigenvalue weighted by molar-refractivity contribution is 1.89. The fourth-order valence-corrected chi connectivity index (χ4v) is 2.66. The van der Waals surface area contributed by atoms with Gasteiger partial charge in [-0.3, -0.25) is 0 Å². The molecule has 0 N–H and O–H groups in total. The summed E-state index contributed by atoms with van der Waals surface area (Å²) in [6.45, 7) is 0. The van der Waals surface area contributed by atoms with Gasteiger partial charge in [-0.25, -0.2) is 0 Å². The van der Waals surface area contributed by atoms with Crippen LogP contribution in [-0.2, 0) is 0 Å². The Kier molecular flexibility index (Phi) is 1.39. The van der Waals surface area contributed by atoms with E-state index in [9.17, 15) is 0 Å². The third-order valence-electron chi connectivity index (χ3n) is 3.39. The molecule has 0 bridgehead atoms. The summed E-state index contributed by atoms with van der Waals surface area (Å²) in [5, 5.41) is 8.14. The first kappa shape index (κ1) is 8.12. The number of rotatable bonds is 0. The highest BCUT2D eigenvalue weighted by molar-refractivity contribution is 6.23. The zero-order valence-electron chi connectivity index (χ0n) is 8.77. The number of benzene rings is 2. The molecule has 0 heterocycles. The highest BCUT2D eigenvalue weighted by atomic mass is 14.1. The molecular formula is C16H10. The molecule has 4 rings (SSSR count). The predicted octanol–water partition coefficient (Wildman–Crippen LogP) is 4.58. The van der Waals surface area contributed by atoms with Gasteiger partial charge in [-0.1, -0.05) is 60.7 Å². The molecule has 4 aromatic carbocycles. The Morgan fingerprint density at radius 3 is 1.06 bits per heavy atom. The SMILES string of the molecule is c1ccc2ccc3ccc4ccc(c1)c2c43. The van der Waals surface area contributed by atoms with Crippen LogP contribution in [0.4, 0.5) is 0 Å². The molecule has 0 saturated carbocycles. The molecule has 0 amide bonds. The molecule has 0 fully saturated rings. The maximum absolute atomic E-state index is 2.21. The Balaban J connectivity index is 2.53. The Morgan fingerprint density at radius 1 is 0.375 bits per heavy atom. The second kappa shape index (κ2) is 2.73. The summed E-state index contributed by atoms with van der Waals surface area (Å²) in [4.78, 5) is 0. The minimum absolute atomic E-state index is 1.32. The quantitative estimate of drug-likeness (QED) is 0.391. The maximum Gasteiger partial charge on any atom is -0.00268 e. The van der Waals surface area contributed by atoms with E-state index in [4.69, 9.17) is 0 Å². The largest absolute Gasteiger partial charge is 0.0616 e. The first-order valence-corrected chi connectivity index (χ1v) is 5.56. The van der Waals surface area contributed by atoms with Crippen LogP contribution in [0.1, 0.15) is 0 Å². The summed E-state index contributed by atoms with van der Waals surface area (Å²) >= 11 is 0. The van der Waals surface area contributed by atoms with E-state index in [0.29, 0.717) is 0 Å². The van der Waals surface area contributed by atoms with Crippen LogP contribution >= 0.6 is 0 Å². The van der Waals surface area contributed by atoms with Crippen molar-refractivity contribution in [2.45, 2.75) is 0 Å². The zero-order valence-corrected chi connectivity index (χ0v) is 8.77. The zero-order chi connectivity index (χ0) is 10.5. The van der Waals surface area contributed by atoms with E-state index < -0.39 is 0 Å². The minimum atomic E-state index is 1.32. The third-order valence-corrected chi connectivity index (χ3v) is 3.39. The van der Waals surface area contributed by atoms with E-state index in [1.54, 1.807) is 0 Å². The van der Waals surface area contributed by atoms with E-state index in [-0.39, 0.29) is 0 Å². The van der Waals surface area contributed by atoms with Gasteiger partial charge in [0.05, 0.1) is 0 Å². The first-order chi connectivity index (χ1) is 7.93. The molecule has 0 atom stereocenters. The Labute approximate surface area is 93.5 Å². The molecule has 74 valence electrons. The summed E-state index contributed by atoms with van der Waals surface area (Å²) < 4.78 is 0. The van der Waals surface area contributed by atoms with Crippen molar-refractivity contribution in [1.29, 1.82) is 0 Å². The predicted molar refractivity (Wildman–Crippen MR) is 70.1 cm³/mol. The molecule has 0 aliphatic carbocycles. The minimum Gasteiger partial charge on any atom is -0.0616 e. The average molecular weight is 202 g/mol.